The summed E-state index contributed by atoms with van der Waals surface area (Å²) >= 11 is 0. The second-order valence-corrected chi connectivity index (χ2v) is 4.17. The zero-order chi connectivity index (χ0) is 13.0. The average Bonchev–Trinajstić information content (AvgIpc) is 2.77. The van der Waals surface area contributed by atoms with Crippen molar-refractivity contribution in [3.63, 3.8) is 0 Å². The van der Waals surface area contributed by atoms with E-state index in [-0.39, 0.29) is 6.23 Å². The molecule has 1 aliphatic rings. The molecule has 1 amide bonds. The zero-order valence-electron chi connectivity index (χ0n) is 10.7. The van der Waals surface area contributed by atoms with Crippen molar-refractivity contribution in [2.45, 2.75) is 13.2 Å². The number of hydrogen-bond donors (Lipinski definition) is 1. The average molecular weight is 250 g/mol. The van der Waals surface area contributed by atoms with E-state index in [1.54, 1.807) is 6.92 Å². The summed E-state index contributed by atoms with van der Waals surface area (Å²) in [5.74, 6) is 0. The predicted octanol–water partition coefficient (Wildman–Crippen LogP) is 2.22. The normalized spacial score (nSPS) is 19.8. The highest BCUT2D eigenvalue weighted by Gasteiger charge is 2.22. The van der Waals surface area contributed by atoms with Crippen molar-refractivity contribution < 1.29 is 14.3 Å². The molecule has 1 aromatic carbocycles. The zero-order valence-corrected chi connectivity index (χ0v) is 10.7. The molecule has 18 heavy (non-hydrogen) atoms. The van der Waals surface area contributed by atoms with E-state index in [0.717, 1.165) is 24.4 Å². The molecule has 1 heterocycles. The minimum atomic E-state index is -0.431. The molecule has 1 aromatic rings. The third kappa shape index (κ3) is 3.00. The van der Waals surface area contributed by atoms with E-state index in [1.165, 1.54) is 0 Å². The van der Waals surface area contributed by atoms with Crippen molar-refractivity contribution in [1.82, 2.24) is 4.90 Å². The van der Waals surface area contributed by atoms with Gasteiger partial charge in [-0.25, -0.2) is 4.79 Å². The Morgan fingerprint density at radius 3 is 2.78 bits per heavy atom. The highest BCUT2D eigenvalue weighted by Crippen LogP contribution is 2.25. The van der Waals surface area contributed by atoms with Crippen LogP contribution in [0.25, 0.3) is 0 Å². The molecule has 5 heteroatoms. The smallest absolute Gasteiger partial charge is 0.411 e. The molecule has 0 aliphatic carbocycles. The molecular weight excluding hydrogens is 232 g/mol. The van der Waals surface area contributed by atoms with E-state index in [2.05, 4.69) is 10.2 Å². The first kappa shape index (κ1) is 12.9. The van der Waals surface area contributed by atoms with Crippen LogP contribution in [0.5, 0.6) is 0 Å². The van der Waals surface area contributed by atoms with Gasteiger partial charge in [0.25, 0.3) is 0 Å². The van der Waals surface area contributed by atoms with Crippen molar-refractivity contribution in [3.8, 4) is 0 Å². The summed E-state index contributed by atoms with van der Waals surface area (Å²) in [7, 11) is 2.03. The molecule has 0 spiro atoms. The molecule has 98 valence electrons. The van der Waals surface area contributed by atoms with Crippen molar-refractivity contribution in [3.05, 3.63) is 29.8 Å². The molecule has 1 fully saturated rings. The summed E-state index contributed by atoms with van der Waals surface area (Å²) in [5, 5.41) is 2.66. The lowest BCUT2D eigenvalue weighted by Crippen LogP contribution is -2.18. The largest absolute Gasteiger partial charge is 0.450 e. The van der Waals surface area contributed by atoms with Gasteiger partial charge in [0.05, 0.1) is 13.2 Å². The van der Waals surface area contributed by atoms with Gasteiger partial charge in [0.15, 0.2) is 0 Å². The van der Waals surface area contributed by atoms with Gasteiger partial charge in [-0.2, -0.15) is 0 Å². The van der Waals surface area contributed by atoms with Crippen molar-refractivity contribution >= 4 is 11.8 Å². The van der Waals surface area contributed by atoms with Crippen molar-refractivity contribution in [1.29, 1.82) is 0 Å². The Balaban J connectivity index is 1.99. The molecule has 2 rings (SSSR count). The van der Waals surface area contributed by atoms with Gasteiger partial charge in [-0.15, -0.1) is 0 Å². The van der Waals surface area contributed by atoms with Crippen LogP contribution in [0.3, 0.4) is 0 Å². The first-order valence-corrected chi connectivity index (χ1v) is 6.06. The van der Waals surface area contributed by atoms with E-state index in [0.29, 0.717) is 6.61 Å². The van der Waals surface area contributed by atoms with Gasteiger partial charge >= 0.3 is 6.09 Å². The molecule has 1 N–H and O–H groups in total. The third-order valence-electron chi connectivity index (χ3n) is 2.84. The number of ether oxygens (including phenoxy) is 2. The minimum Gasteiger partial charge on any atom is -0.450 e. The molecule has 0 radical (unpaired) electrons. The van der Waals surface area contributed by atoms with Crippen LogP contribution in [-0.2, 0) is 9.47 Å². The fourth-order valence-electron chi connectivity index (χ4n) is 1.92. The van der Waals surface area contributed by atoms with Crippen LogP contribution in [-0.4, -0.2) is 37.8 Å². The summed E-state index contributed by atoms with van der Waals surface area (Å²) in [6.07, 6.45) is -0.416. The summed E-state index contributed by atoms with van der Waals surface area (Å²) in [6.45, 7) is 3.83. The fraction of sp³-hybridized carbons (Fsp3) is 0.462. The van der Waals surface area contributed by atoms with Gasteiger partial charge < -0.3 is 9.47 Å². The highest BCUT2D eigenvalue weighted by atomic mass is 16.5. The minimum absolute atomic E-state index is 0.0154. The second-order valence-electron chi connectivity index (χ2n) is 4.17. The maximum Gasteiger partial charge on any atom is 0.411 e. The standard InChI is InChI=1S/C13H18N2O3/c1-3-17-13(16)14-11-6-4-10(5-7-11)12-15(2)8-9-18-12/h4-7,12H,3,8-9H2,1-2H3,(H,14,16). The number of hydrogen-bond acceptors (Lipinski definition) is 4. The van der Waals surface area contributed by atoms with Crippen LogP contribution in [0.4, 0.5) is 10.5 Å². The molecule has 5 nitrogen and oxygen atoms in total. The summed E-state index contributed by atoms with van der Waals surface area (Å²) in [4.78, 5) is 13.4. The maximum absolute atomic E-state index is 11.2. The Labute approximate surface area is 107 Å². The number of nitrogens with one attached hydrogen (secondary N) is 1. The summed E-state index contributed by atoms with van der Waals surface area (Å²) < 4.78 is 10.4. The first-order valence-electron chi connectivity index (χ1n) is 6.06. The monoisotopic (exact) mass is 250 g/mol. The van der Waals surface area contributed by atoms with Crippen molar-refractivity contribution in [2.75, 3.05) is 32.1 Å². The van der Waals surface area contributed by atoms with E-state index >= 15 is 0 Å². The molecule has 0 bridgehead atoms. The van der Waals surface area contributed by atoms with Crippen LogP contribution >= 0.6 is 0 Å². The Kier molecular flexibility index (Phi) is 4.17. The number of amides is 1. The van der Waals surface area contributed by atoms with Gasteiger partial charge in [0, 0.05) is 12.2 Å². The van der Waals surface area contributed by atoms with E-state index in [4.69, 9.17) is 9.47 Å². The number of rotatable bonds is 3. The topological polar surface area (TPSA) is 50.8 Å². The third-order valence-corrected chi connectivity index (χ3v) is 2.84. The SMILES string of the molecule is CCOC(=O)Nc1ccc(C2OCCN2C)cc1. The Morgan fingerprint density at radius 2 is 2.22 bits per heavy atom. The lowest BCUT2D eigenvalue weighted by atomic mass is 10.1. The Hall–Kier alpha value is -1.59. The van der Waals surface area contributed by atoms with Gasteiger partial charge in [-0.05, 0) is 31.7 Å². The Bertz CT molecular complexity index is 405. The van der Waals surface area contributed by atoms with Crippen molar-refractivity contribution in [2.24, 2.45) is 0 Å². The maximum atomic E-state index is 11.2. The number of likely N-dealkylation sites (N-methyl/N-ethyl adjacent to an activating group) is 1. The van der Waals surface area contributed by atoms with Gasteiger partial charge in [0.2, 0.25) is 0 Å². The molecular formula is C13H18N2O3. The van der Waals surface area contributed by atoms with Gasteiger partial charge in [0.1, 0.15) is 6.23 Å². The fourth-order valence-corrected chi connectivity index (χ4v) is 1.92. The number of carbonyl (C=O) groups excluding carboxylic acids is 1. The molecule has 1 aliphatic heterocycles. The van der Waals surface area contributed by atoms with Crippen LogP contribution in [0, 0.1) is 0 Å². The van der Waals surface area contributed by atoms with E-state index in [1.807, 2.05) is 31.3 Å². The first-order chi connectivity index (χ1) is 8.70. The number of anilines is 1. The number of benzene rings is 1. The predicted molar refractivity (Wildman–Crippen MR) is 68.4 cm³/mol. The van der Waals surface area contributed by atoms with Gasteiger partial charge in [-0.3, -0.25) is 10.2 Å². The lowest BCUT2D eigenvalue weighted by Gasteiger charge is -2.18. The lowest BCUT2D eigenvalue weighted by molar-refractivity contribution is 0.0454. The molecule has 0 aromatic heterocycles. The molecule has 1 atom stereocenters. The number of nitrogens with zero attached hydrogens (tertiary/aromatic N) is 1. The summed E-state index contributed by atoms with van der Waals surface area (Å²) in [6, 6.07) is 7.60. The molecule has 1 saturated heterocycles. The van der Waals surface area contributed by atoms with Crippen LogP contribution in [0.1, 0.15) is 18.7 Å². The van der Waals surface area contributed by atoms with Crippen LogP contribution in [0.15, 0.2) is 24.3 Å². The Morgan fingerprint density at radius 1 is 1.50 bits per heavy atom. The van der Waals surface area contributed by atoms with Crippen LogP contribution < -0.4 is 5.32 Å². The van der Waals surface area contributed by atoms with Gasteiger partial charge in [-0.1, -0.05) is 12.1 Å². The quantitative estimate of drug-likeness (QED) is 0.893. The van der Waals surface area contributed by atoms with Crippen LogP contribution in [0.2, 0.25) is 0 Å². The van der Waals surface area contributed by atoms with E-state index < -0.39 is 6.09 Å². The van der Waals surface area contributed by atoms with E-state index in [9.17, 15) is 4.79 Å². The highest BCUT2D eigenvalue weighted by molar-refractivity contribution is 5.84. The summed E-state index contributed by atoms with van der Waals surface area (Å²) in [5.41, 5.74) is 1.81. The molecule has 1 unspecified atom stereocenters. The number of carbonyl (C=O) groups is 1. The molecule has 0 saturated carbocycles. The second kappa shape index (κ2) is 5.84.